The van der Waals surface area contributed by atoms with Crippen LogP contribution < -0.4 is 32.8 Å². The predicted octanol–water partition coefficient (Wildman–Crippen LogP) is 6.47. The lowest BCUT2D eigenvalue weighted by Gasteiger charge is -2.36. The largest absolute Gasteiger partial charge is 0.310 e. The molecule has 218 valence electrons. The molecular weight excluding hydrogens is 618 g/mol. The van der Waals surface area contributed by atoms with Crippen molar-refractivity contribution in [2.45, 2.75) is 19.6 Å². The third-order valence-corrected chi connectivity index (χ3v) is 13.7. The maximum atomic E-state index is 2.62. The SMILES string of the molecule is c1cc2c3c(c1)-n1c4ccccc4c4cccc(c41)B3c1cc3c(cc1S2)Sc1cccc2c1B3c1cccc3c4ccccc4n-2c13. The van der Waals surface area contributed by atoms with E-state index in [1.54, 1.807) is 0 Å². The Balaban J connectivity index is 1.13. The fraction of sp³-hybridized carbons (Fsp3) is 0. The standard InChI is InChI=1S/C42H22B2N2S2/c1-3-15-31-23(9-1)25-11-5-13-27-41(25)45(31)33-17-7-19-35-39(33)43(27)29-21-30-38(22-37(29)47-35)48-36-20-8-18-34-40(36)44(30)28-14-6-12-26-24-10-2-4-16-32(24)46(34)42(26)28/h1-22H. The van der Waals surface area contributed by atoms with E-state index in [0.717, 1.165) is 0 Å². The molecule has 0 aliphatic carbocycles. The number of hydrogen-bond donors (Lipinski definition) is 0. The highest BCUT2D eigenvalue weighted by molar-refractivity contribution is 8.01. The van der Waals surface area contributed by atoms with Crippen molar-refractivity contribution in [1.29, 1.82) is 0 Å². The first-order valence-electron chi connectivity index (χ1n) is 16.7. The van der Waals surface area contributed by atoms with Gasteiger partial charge in [-0.15, -0.1) is 0 Å². The molecule has 0 amide bonds. The minimum Gasteiger partial charge on any atom is -0.310 e. The number of nitrogens with zero attached hydrogens (tertiary/aromatic N) is 2. The van der Waals surface area contributed by atoms with Crippen molar-refractivity contribution >= 4 is 113 Å². The summed E-state index contributed by atoms with van der Waals surface area (Å²) in [6.07, 6.45) is 0. The second-order valence-electron chi connectivity index (χ2n) is 13.6. The van der Waals surface area contributed by atoms with E-state index in [4.69, 9.17) is 0 Å². The zero-order valence-electron chi connectivity index (χ0n) is 25.6. The van der Waals surface area contributed by atoms with Gasteiger partial charge in [0.1, 0.15) is 0 Å². The van der Waals surface area contributed by atoms with Gasteiger partial charge in [0.25, 0.3) is 0 Å². The number of hydrogen-bond acceptors (Lipinski definition) is 2. The first-order chi connectivity index (χ1) is 23.8. The van der Waals surface area contributed by atoms with E-state index in [0.29, 0.717) is 0 Å². The normalized spacial score (nSPS) is 14.4. The highest BCUT2D eigenvalue weighted by Gasteiger charge is 2.43. The van der Waals surface area contributed by atoms with Crippen LogP contribution in [0, 0.1) is 0 Å². The summed E-state index contributed by atoms with van der Waals surface area (Å²) in [6.45, 7) is 0.372. The summed E-state index contributed by atoms with van der Waals surface area (Å²) < 4.78 is 5.08. The molecule has 0 saturated heterocycles. The van der Waals surface area contributed by atoms with Crippen LogP contribution in [0.25, 0.3) is 55.0 Å². The molecule has 2 aromatic heterocycles. The summed E-state index contributed by atoms with van der Waals surface area (Å²) in [6, 6.07) is 50.8. The Hall–Kier alpha value is -5.03. The van der Waals surface area contributed by atoms with Gasteiger partial charge in [-0.25, -0.2) is 0 Å². The van der Waals surface area contributed by atoms with Gasteiger partial charge in [0.15, 0.2) is 0 Å². The first kappa shape index (κ1) is 25.0. The van der Waals surface area contributed by atoms with Gasteiger partial charge in [-0.2, -0.15) is 0 Å². The number of benzene rings is 7. The molecular formula is C42H22B2N2S2. The Labute approximate surface area is 285 Å². The van der Waals surface area contributed by atoms with Crippen LogP contribution in [0.15, 0.2) is 153 Å². The molecule has 0 N–H and O–H groups in total. The van der Waals surface area contributed by atoms with Crippen molar-refractivity contribution in [3.8, 4) is 11.4 Å². The topological polar surface area (TPSA) is 9.86 Å². The van der Waals surface area contributed by atoms with Crippen LogP contribution in [0.2, 0.25) is 0 Å². The Bertz CT molecular complexity index is 2790. The molecule has 48 heavy (non-hydrogen) atoms. The molecule has 0 bridgehead atoms. The highest BCUT2D eigenvalue weighted by atomic mass is 32.2. The van der Waals surface area contributed by atoms with E-state index in [1.807, 2.05) is 23.5 Å². The van der Waals surface area contributed by atoms with Gasteiger partial charge in [-0.3, -0.25) is 0 Å². The van der Waals surface area contributed by atoms with Crippen molar-refractivity contribution in [3.63, 3.8) is 0 Å². The Morgan fingerprint density at radius 2 is 0.833 bits per heavy atom. The summed E-state index contributed by atoms with van der Waals surface area (Å²) in [4.78, 5) is 5.53. The summed E-state index contributed by atoms with van der Waals surface area (Å²) in [5.41, 5.74) is 16.6. The van der Waals surface area contributed by atoms with Crippen molar-refractivity contribution in [1.82, 2.24) is 9.13 Å². The van der Waals surface area contributed by atoms with E-state index in [9.17, 15) is 0 Å². The summed E-state index contributed by atoms with van der Waals surface area (Å²) in [7, 11) is 0. The van der Waals surface area contributed by atoms with Crippen LogP contribution in [0.1, 0.15) is 0 Å². The maximum Gasteiger partial charge on any atom is 0.249 e. The smallest absolute Gasteiger partial charge is 0.249 e. The molecule has 0 spiro atoms. The molecule has 9 aromatic rings. The van der Waals surface area contributed by atoms with E-state index in [2.05, 4.69) is 143 Å². The predicted molar refractivity (Wildman–Crippen MR) is 206 cm³/mol. The molecule has 0 unspecified atom stereocenters. The van der Waals surface area contributed by atoms with Gasteiger partial charge < -0.3 is 9.13 Å². The van der Waals surface area contributed by atoms with Crippen molar-refractivity contribution < 1.29 is 0 Å². The van der Waals surface area contributed by atoms with Gasteiger partial charge in [-0.1, -0.05) is 125 Å². The first-order valence-corrected chi connectivity index (χ1v) is 18.3. The van der Waals surface area contributed by atoms with Gasteiger partial charge in [-0.05, 0) is 64.3 Å². The average Bonchev–Trinajstić information content (AvgIpc) is 3.66. The van der Waals surface area contributed by atoms with Crippen LogP contribution in [0.4, 0.5) is 0 Å². The second-order valence-corrected chi connectivity index (χ2v) is 15.7. The molecule has 13 rings (SSSR count). The number of rotatable bonds is 0. The van der Waals surface area contributed by atoms with Crippen molar-refractivity contribution in [2.75, 3.05) is 0 Å². The minimum atomic E-state index is 0.186. The molecule has 2 nitrogen and oxygen atoms in total. The third kappa shape index (κ3) is 2.80. The summed E-state index contributed by atoms with van der Waals surface area (Å²) in [5, 5.41) is 5.35. The molecule has 6 heterocycles. The molecule has 0 radical (unpaired) electrons. The maximum absolute atomic E-state index is 2.62. The van der Waals surface area contributed by atoms with E-state index in [-0.39, 0.29) is 13.4 Å². The molecule has 7 aromatic carbocycles. The quantitative estimate of drug-likeness (QED) is 0.176. The van der Waals surface area contributed by atoms with Crippen LogP contribution in [-0.4, -0.2) is 22.6 Å². The van der Waals surface area contributed by atoms with E-state index < -0.39 is 0 Å². The molecule has 0 atom stereocenters. The zero-order chi connectivity index (χ0) is 30.8. The van der Waals surface area contributed by atoms with Crippen LogP contribution >= 0.6 is 23.5 Å². The van der Waals surface area contributed by atoms with Gasteiger partial charge >= 0.3 is 0 Å². The lowest BCUT2D eigenvalue weighted by Crippen LogP contribution is -2.62. The average molecular weight is 640 g/mol. The van der Waals surface area contributed by atoms with E-state index >= 15 is 0 Å². The fourth-order valence-electron chi connectivity index (χ4n) is 9.69. The number of aromatic nitrogens is 2. The zero-order valence-corrected chi connectivity index (χ0v) is 27.2. The lowest BCUT2D eigenvalue weighted by molar-refractivity contribution is 1.17. The summed E-state index contributed by atoms with van der Waals surface area (Å²) >= 11 is 3.91. The molecule has 0 saturated carbocycles. The number of fused-ring (bicyclic) bond motifs is 14. The van der Waals surface area contributed by atoms with Crippen LogP contribution in [0.5, 0.6) is 0 Å². The molecule has 0 fully saturated rings. The lowest BCUT2D eigenvalue weighted by atomic mass is 9.32. The Morgan fingerprint density at radius 3 is 1.35 bits per heavy atom. The van der Waals surface area contributed by atoms with Gasteiger partial charge in [0.05, 0.1) is 11.0 Å². The third-order valence-electron chi connectivity index (χ3n) is 11.4. The Morgan fingerprint density at radius 1 is 0.375 bits per heavy atom. The molecule has 4 aliphatic heterocycles. The van der Waals surface area contributed by atoms with Crippen LogP contribution in [0.3, 0.4) is 0 Å². The second kappa shape index (κ2) is 8.51. The monoisotopic (exact) mass is 640 g/mol. The molecule has 4 aliphatic rings. The van der Waals surface area contributed by atoms with Gasteiger partial charge in [0, 0.05) is 63.5 Å². The minimum absolute atomic E-state index is 0.186. The van der Waals surface area contributed by atoms with Crippen molar-refractivity contribution in [3.05, 3.63) is 133 Å². The molecule has 6 heteroatoms. The fourth-order valence-corrected chi connectivity index (χ4v) is 12.1. The highest BCUT2D eigenvalue weighted by Crippen LogP contribution is 2.42. The van der Waals surface area contributed by atoms with Crippen molar-refractivity contribution in [2.24, 2.45) is 0 Å². The van der Waals surface area contributed by atoms with Crippen LogP contribution in [-0.2, 0) is 0 Å². The summed E-state index contributed by atoms with van der Waals surface area (Å²) in [5.74, 6) is 0. The number of para-hydroxylation sites is 4. The Kier molecular flexibility index (Phi) is 4.44. The van der Waals surface area contributed by atoms with E-state index in [1.165, 1.54) is 107 Å². The van der Waals surface area contributed by atoms with Gasteiger partial charge in [0.2, 0.25) is 13.4 Å².